The maximum absolute atomic E-state index is 14.8. The molecule has 0 radical (unpaired) electrons. The van der Waals surface area contributed by atoms with Crippen LogP contribution in [0.4, 0.5) is 10.1 Å². The van der Waals surface area contributed by atoms with Crippen molar-refractivity contribution in [3.8, 4) is 33.1 Å². The van der Waals surface area contributed by atoms with Gasteiger partial charge in [-0.1, -0.05) is 6.07 Å². The summed E-state index contributed by atoms with van der Waals surface area (Å²) in [6.45, 7) is 0. The van der Waals surface area contributed by atoms with E-state index in [0.29, 0.717) is 39.5 Å². The zero-order chi connectivity index (χ0) is 20.9. The van der Waals surface area contributed by atoms with Gasteiger partial charge in [0.05, 0.1) is 16.7 Å². The number of pyridine rings is 2. The average molecular weight is 427 g/mol. The number of aromatic nitrogens is 6. The lowest BCUT2D eigenvalue weighted by Crippen LogP contribution is -1.90. The fourth-order valence-electron chi connectivity index (χ4n) is 3.71. The van der Waals surface area contributed by atoms with Crippen LogP contribution in [-0.4, -0.2) is 30.1 Å². The van der Waals surface area contributed by atoms with E-state index in [1.165, 1.54) is 12.3 Å². The van der Waals surface area contributed by atoms with Gasteiger partial charge in [0.25, 0.3) is 0 Å². The first kappa shape index (κ1) is 17.7. The number of anilines is 1. The van der Waals surface area contributed by atoms with E-state index in [9.17, 15) is 4.39 Å². The molecular formula is C22H14FN7S. The third-order valence-corrected chi connectivity index (χ3v) is 6.03. The third-order valence-electron chi connectivity index (χ3n) is 5.12. The number of fused-ring (bicyclic) bond motifs is 2. The number of benzene rings is 1. The number of thiophene rings is 1. The van der Waals surface area contributed by atoms with Gasteiger partial charge in [0.1, 0.15) is 11.5 Å². The molecule has 0 spiro atoms. The number of imidazole rings is 1. The second-order valence-corrected chi connectivity index (χ2v) is 8.02. The van der Waals surface area contributed by atoms with Crippen LogP contribution in [0.1, 0.15) is 0 Å². The zero-order valence-corrected chi connectivity index (χ0v) is 16.7. The lowest BCUT2D eigenvalue weighted by atomic mass is 10.0. The Bertz CT molecular complexity index is 1570. The normalized spacial score (nSPS) is 11.5. The van der Waals surface area contributed by atoms with Gasteiger partial charge in [0.2, 0.25) is 0 Å². The minimum atomic E-state index is -0.388. The highest BCUT2D eigenvalue weighted by atomic mass is 32.1. The van der Waals surface area contributed by atoms with Gasteiger partial charge in [-0.25, -0.2) is 14.4 Å². The summed E-state index contributed by atoms with van der Waals surface area (Å²) in [5.41, 5.74) is 10.9. The lowest BCUT2D eigenvalue weighted by Gasteiger charge is -2.05. The van der Waals surface area contributed by atoms with Crippen LogP contribution < -0.4 is 5.73 Å². The number of nitrogen functional groups attached to an aromatic ring is 1. The van der Waals surface area contributed by atoms with Gasteiger partial charge >= 0.3 is 0 Å². The number of H-pyrrole nitrogens is 2. The van der Waals surface area contributed by atoms with Gasteiger partial charge in [0.15, 0.2) is 11.5 Å². The standard InChI is InChI=1S/C22H14FN7S/c23-16-8-17-15(7-14(16)11-6-12(24)10-25-9-11)20(30-29-17)22-27-19-13(18-2-1-5-31-18)3-4-26-21(19)28-22/h1-10H,24H2,(H,29,30)(H,26,27,28). The molecule has 5 heterocycles. The number of halogens is 1. The molecule has 1 aromatic carbocycles. The van der Waals surface area contributed by atoms with Crippen LogP contribution >= 0.6 is 11.3 Å². The smallest absolute Gasteiger partial charge is 0.178 e. The molecule has 0 atom stereocenters. The van der Waals surface area contributed by atoms with E-state index in [0.717, 1.165) is 21.3 Å². The molecule has 4 N–H and O–H groups in total. The molecule has 5 aromatic heterocycles. The molecule has 0 amide bonds. The molecule has 0 saturated carbocycles. The van der Waals surface area contributed by atoms with E-state index in [1.807, 2.05) is 17.5 Å². The van der Waals surface area contributed by atoms with Crippen LogP contribution in [0, 0.1) is 5.82 Å². The first-order valence-corrected chi connectivity index (χ1v) is 10.3. The maximum atomic E-state index is 14.8. The highest BCUT2D eigenvalue weighted by Crippen LogP contribution is 2.34. The van der Waals surface area contributed by atoms with Crippen molar-refractivity contribution in [3.05, 3.63) is 66.2 Å². The van der Waals surface area contributed by atoms with Crippen LogP contribution in [0.25, 0.3) is 55.2 Å². The summed E-state index contributed by atoms with van der Waals surface area (Å²) in [6, 6.07) is 10.9. The number of nitrogens with zero attached hydrogens (tertiary/aromatic N) is 4. The van der Waals surface area contributed by atoms with Crippen molar-refractivity contribution in [3.63, 3.8) is 0 Å². The Morgan fingerprint density at radius 3 is 2.84 bits per heavy atom. The Balaban J connectivity index is 1.54. The molecule has 0 unspecified atom stereocenters. The number of aromatic amines is 2. The lowest BCUT2D eigenvalue weighted by molar-refractivity contribution is 0.633. The Labute approximate surface area is 178 Å². The SMILES string of the molecule is Nc1cncc(-c2cc3c(-c4nc5nccc(-c6cccs6)c5[nH]4)n[nH]c3cc2F)c1. The van der Waals surface area contributed by atoms with E-state index in [-0.39, 0.29) is 5.82 Å². The molecule has 0 aliphatic rings. The topological polar surface area (TPSA) is 109 Å². The minimum Gasteiger partial charge on any atom is -0.397 e. The fraction of sp³-hybridized carbons (Fsp3) is 0. The van der Waals surface area contributed by atoms with E-state index < -0.39 is 0 Å². The summed E-state index contributed by atoms with van der Waals surface area (Å²) in [6.07, 6.45) is 4.85. The van der Waals surface area contributed by atoms with E-state index in [2.05, 4.69) is 36.2 Å². The highest BCUT2D eigenvalue weighted by Gasteiger charge is 2.18. The van der Waals surface area contributed by atoms with Crippen LogP contribution in [0.2, 0.25) is 0 Å². The summed E-state index contributed by atoms with van der Waals surface area (Å²) in [5.74, 6) is 0.169. The van der Waals surface area contributed by atoms with Gasteiger partial charge in [0, 0.05) is 51.6 Å². The van der Waals surface area contributed by atoms with Crippen molar-refractivity contribution < 1.29 is 4.39 Å². The van der Waals surface area contributed by atoms with E-state index >= 15 is 0 Å². The molecule has 0 fully saturated rings. The van der Waals surface area contributed by atoms with Crippen molar-refractivity contribution in [1.82, 2.24) is 30.1 Å². The quantitative estimate of drug-likeness (QED) is 0.368. The third kappa shape index (κ3) is 2.86. The Morgan fingerprint density at radius 2 is 2.00 bits per heavy atom. The molecule has 31 heavy (non-hydrogen) atoms. The van der Waals surface area contributed by atoms with Gasteiger partial charge in [-0.15, -0.1) is 11.3 Å². The largest absolute Gasteiger partial charge is 0.397 e. The van der Waals surface area contributed by atoms with Crippen LogP contribution in [0.15, 0.2) is 60.4 Å². The molecule has 6 aromatic rings. The van der Waals surface area contributed by atoms with Crippen molar-refractivity contribution in [2.45, 2.75) is 0 Å². The Morgan fingerprint density at radius 1 is 1.06 bits per heavy atom. The Kier molecular flexibility index (Phi) is 3.84. The predicted octanol–water partition coefficient (Wildman–Crippen LogP) is 5.01. The molecule has 6 rings (SSSR count). The second kappa shape index (κ2) is 6.71. The number of nitrogens with one attached hydrogen (secondary N) is 2. The van der Waals surface area contributed by atoms with Crippen molar-refractivity contribution in [1.29, 1.82) is 0 Å². The molecule has 7 nitrogen and oxygen atoms in total. The Hall–Kier alpha value is -4.11. The highest BCUT2D eigenvalue weighted by molar-refractivity contribution is 7.13. The van der Waals surface area contributed by atoms with Crippen molar-refractivity contribution >= 4 is 39.1 Å². The first-order chi connectivity index (χ1) is 15.2. The summed E-state index contributed by atoms with van der Waals surface area (Å²) >= 11 is 1.65. The fourth-order valence-corrected chi connectivity index (χ4v) is 4.46. The average Bonchev–Trinajstić information content (AvgIpc) is 3.51. The van der Waals surface area contributed by atoms with Gasteiger partial charge in [-0.3, -0.25) is 10.1 Å². The van der Waals surface area contributed by atoms with Gasteiger partial charge < -0.3 is 10.7 Å². The molecule has 0 aliphatic heterocycles. The number of hydrogen-bond acceptors (Lipinski definition) is 6. The van der Waals surface area contributed by atoms with Crippen LogP contribution in [-0.2, 0) is 0 Å². The van der Waals surface area contributed by atoms with Crippen LogP contribution in [0.3, 0.4) is 0 Å². The van der Waals surface area contributed by atoms with Gasteiger partial charge in [-0.05, 0) is 29.6 Å². The summed E-state index contributed by atoms with van der Waals surface area (Å²) in [7, 11) is 0. The first-order valence-electron chi connectivity index (χ1n) is 9.45. The summed E-state index contributed by atoms with van der Waals surface area (Å²) in [5, 5.41) is 10.1. The minimum absolute atomic E-state index is 0.388. The molecule has 9 heteroatoms. The zero-order valence-electron chi connectivity index (χ0n) is 15.9. The molecular weight excluding hydrogens is 413 g/mol. The summed E-state index contributed by atoms with van der Waals surface area (Å²) < 4.78 is 14.8. The maximum Gasteiger partial charge on any atom is 0.178 e. The molecule has 0 bridgehead atoms. The van der Waals surface area contributed by atoms with Crippen molar-refractivity contribution in [2.75, 3.05) is 5.73 Å². The van der Waals surface area contributed by atoms with Crippen LogP contribution in [0.5, 0.6) is 0 Å². The monoisotopic (exact) mass is 427 g/mol. The van der Waals surface area contributed by atoms with E-state index in [4.69, 9.17) is 5.73 Å². The molecule has 0 aliphatic carbocycles. The molecule has 0 saturated heterocycles. The van der Waals surface area contributed by atoms with Gasteiger partial charge in [-0.2, -0.15) is 5.10 Å². The number of hydrogen-bond donors (Lipinski definition) is 3. The van der Waals surface area contributed by atoms with E-state index in [1.54, 1.807) is 35.9 Å². The van der Waals surface area contributed by atoms with Crippen molar-refractivity contribution in [2.24, 2.45) is 0 Å². The summed E-state index contributed by atoms with van der Waals surface area (Å²) in [4.78, 5) is 17.6. The molecule has 150 valence electrons. The number of rotatable bonds is 3. The number of nitrogens with two attached hydrogens (primary N) is 1. The predicted molar refractivity (Wildman–Crippen MR) is 120 cm³/mol. The second-order valence-electron chi connectivity index (χ2n) is 7.08.